The first-order chi connectivity index (χ1) is 10.0. The number of aliphatic carboxylic acids is 1. The van der Waals surface area contributed by atoms with Gasteiger partial charge in [-0.25, -0.2) is 4.68 Å². The number of rotatable bonds is 4. The van der Waals surface area contributed by atoms with E-state index in [1.54, 1.807) is 0 Å². The minimum absolute atomic E-state index is 0.00278. The maximum atomic E-state index is 12.1. The van der Waals surface area contributed by atoms with Gasteiger partial charge in [0, 0.05) is 19.7 Å². The number of aromatic nitrogens is 2. The largest absolute Gasteiger partial charge is 0.480 e. The molecule has 1 N–H and O–H groups in total. The van der Waals surface area contributed by atoms with Crippen LogP contribution in [0.15, 0.2) is 11.0 Å². The van der Waals surface area contributed by atoms with Crippen LogP contribution in [0.4, 0.5) is 5.69 Å². The summed E-state index contributed by atoms with van der Waals surface area (Å²) in [5.41, 5.74) is -0.0537. The first kappa shape index (κ1) is 15.8. The molecule has 0 aliphatic carbocycles. The number of hydrogen-bond acceptors (Lipinski definition) is 5. The average Bonchev–Trinajstić information content (AvgIpc) is 2.69. The number of nitrogens with zero attached hydrogens (tertiary/aromatic N) is 3. The monoisotopic (exact) mass is 315 g/mol. The molecule has 1 aliphatic heterocycles. The van der Waals surface area contributed by atoms with Crippen LogP contribution < -0.4 is 10.5 Å². The van der Waals surface area contributed by atoms with Gasteiger partial charge in [0.25, 0.3) is 5.56 Å². The smallest absolute Gasteiger partial charge is 0.325 e. The zero-order valence-electron chi connectivity index (χ0n) is 11.8. The minimum Gasteiger partial charge on any atom is -0.480 e. The highest BCUT2D eigenvalue weighted by Crippen LogP contribution is 2.23. The van der Waals surface area contributed by atoms with Crippen LogP contribution in [0.1, 0.15) is 19.8 Å². The van der Waals surface area contributed by atoms with Crippen LogP contribution >= 0.6 is 11.6 Å². The number of carbonyl (C=O) groups is 1. The van der Waals surface area contributed by atoms with Gasteiger partial charge in [0.2, 0.25) is 0 Å². The zero-order chi connectivity index (χ0) is 15.4. The van der Waals surface area contributed by atoms with E-state index in [2.05, 4.69) is 5.10 Å². The highest BCUT2D eigenvalue weighted by atomic mass is 35.5. The summed E-state index contributed by atoms with van der Waals surface area (Å²) in [7, 11) is 0. The van der Waals surface area contributed by atoms with Gasteiger partial charge in [0.05, 0.1) is 18.0 Å². The Kier molecular flexibility index (Phi) is 5.19. The van der Waals surface area contributed by atoms with Crippen molar-refractivity contribution in [3.8, 4) is 0 Å². The topological polar surface area (TPSA) is 84.7 Å². The van der Waals surface area contributed by atoms with Crippen LogP contribution in [0.2, 0.25) is 5.02 Å². The predicted octanol–water partition coefficient (Wildman–Crippen LogP) is 0.987. The molecule has 1 atom stereocenters. The van der Waals surface area contributed by atoms with E-state index in [1.165, 1.54) is 6.20 Å². The summed E-state index contributed by atoms with van der Waals surface area (Å²) >= 11 is 6.11. The van der Waals surface area contributed by atoms with E-state index < -0.39 is 18.1 Å². The molecule has 0 spiro atoms. The highest BCUT2D eigenvalue weighted by Gasteiger charge is 2.21. The molecule has 1 aromatic heterocycles. The molecule has 1 unspecified atom stereocenters. The Labute approximate surface area is 127 Å². The van der Waals surface area contributed by atoms with E-state index >= 15 is 0 Å². The van der Waals surface area contributed by atoms with E-state index in [1.807, 2.05) is 11.8 Å². The third kappa shape index (κ3) is 3.74. The summed E-state index contributed by atoms with van der Waals surface area (Å²) < 4.78 is 6.53. The molecule has 0 radical (unpaired) electrons. The van der Waals surface area contributed by atoms with Gasteiger partial charge < -0.3 is 14.7 Å². The van der Waals surface area contributed by atoms with Crippen LogP contribution in [-0.2, 0) is 16.1 Å². The molecule has 0 bridgehead atoms. The molecule has 1 aromatic rings. The van der Waals surface area contributed by atoms with Gasteiger partial charge in [0.1, 0.15) is 11.6 Å². The average molecular weight is 316 g/mol. The molecule has 1 saturated heterocycles. The number of carboxylic acid groups (broad SMARTS) is 1. The molecule has 116 valence electrons. The van der Waals surface area contributed by atoms with Crippen molar-refractivity contribution < 1.29 is 14.6 Å². The molecule has 0 amide bonds. The number of carboxylic acids is 1. The Balaban J connectivity index is 2.29. The highest BCUT2D eigenvalue weighted by molar-refractivity contribution is 6.33. The van der Waals surface area contributed by atoms with Crippen molar-refractivity contribution >= 4 is 23.3 Å². The quantitative estimate of drug-likeness (QED) is 0.892. The molecular weight excluding hydrogens is 298 g/mol. The fourth-order valence-electron chi connectivity index (χ4n) is 2.28. The number of anilines is 1. The first-order valence-electron chi connectivity index (χ1n) is 6.87. The maximum absolute atomic E-state index is 12.1. The zero-order valence-corrected chi connectivity index (χ0v) is 12.5. The Morgan fingerprint density at radius 2 is 2.38 bits per heavy atom. The summed E-state index contributed by atoms with van der Waals surface area (Å²) in [5.74, 6) is -1.14. The van der Waals surface area contributed by atoms with E-state index in [4.69, 9.17) is 21.4 Å². The lowest BCUT2D eigenvalue weighted by molar-refractivity contribution is -0.138. The fourth-order valence-corrected chi connectivity index (χ4v) is 2.54. The number of ether oxygens (including phenoxy) is 1. The maximum Gasteiger partial charge on any atom is 0.325 e. The molecule has 0 saturated carbocycles. The van der Waals surface area contributed by atoms with Crippen molar-refractivity contribution in [3.63, 3.8) is 0 Å². The number of hydrogen-bond donors (Lipinski definition) is 1. The normalized spacial score (nSPS) is 19.3. The van der Waals surface area contributed by atoms with Crippen molar-refractivity contribution in [2.24, 2.45) is 0 Å². The molecule has 21 heavy (non-hydrogen) atoms. The Morgan fingerprint density at radius 3 is 3.05 bits per heavy atom. The van der Waals surface area contributed by atoms with E-state index in [9.17, 15) is 9.59 Å². The van der Waals surface area contributed by atoms with Gasteiger partial charge in [-0.1, -0.05) is 18.5 Å². The molecule has 2 heterocycles. The minimum atomic E-state index is -1.14. The molecule has 2 rings (SSSR count). The van der Waals surface area contributed by atoms with Crippen molar-refractivity contribution in [2.75, 3.05) is 24.6 Å². The Bertz CT molecular complexity index is 575. The van der Waals surface area contributed by atoms with Gasteiger partial charge in [-0.2, -0.15) is 5.10 Å². The van der Waals surface area contributed by atoms with Crippen molar-refractivity contribution in [1.29, 1.82) is 0 Å². The van der Waals surface area contributed by atoms with Crippen molar-refractivity contribution in [1.82, 2.24) is 9.78 Å². The molecule has 1 fully saturated rings. The standard InChI is InChI=1S/C13H18ClN3O4/c1-2-9-7-16(4-3-5-21-9)10-6-15-17(8-11(18)19)13(20)12(10)14/h6,9H,2-5,7-8H2,1H3,(H,18,19). The van der Waals surface area contributed by atoms with Gasteiger partial charge in [-0.15, -0.1) is 0 Å². The van der Waals surface area contributed by atoms with Crippen molar-refractivity contribution in [3.05, 3.63) is 21.6 Å². The molecular formula is C13H18ClN3O4. The summed E-state index contributed by atoms with van der Waals surface area (Å²) in [5, 5.41) is 12.6. The molecule has 1 aliphatic rings. The summed E-state index contributed by atoms with van der Waals surface area (Å²) in [6.45, 7) is 3.58. The predicted molar refractivity (Wildman–Crippen MR) is 78.0 cm³/mol. The fraction of sp³-hybridized carbons (Fsp3) is 0.615. The van der Waals surface area contributed by atoms with Crippen molar-refractivity contribution in [2.45, 2.75) is 32.4 Å². The third-order valence-corrected chi connectivity index (χ3v) is 3.75. The SMILES string of the molecule is CCC1CN(c2cnn(CC(=O)O)c(=O)c2Cl)CCCO1. The summed E-state index contributed by atoms with van der Waals surface area (Å²) in [6, 6.07) is 0. The van der Waals surface area contributed by atoms with Gasteiger partial charge in [-0.3, -0.25) is 9.59 Å². The lowest BCUT2D eigenvalue weighted by Crippen LogP contribution is -2.34. The lowest BCUT2D eigenvalue weighted by Gasteiger charge is -2.25. The first-order valence-corrected chi connectivity index (χ1v) is 7.24. The van der Waals surface area contributed by atoms with Crippen LogP contribution in [-0.4, -0.2) is 46.7 Å². The third-order valence-electron chi connectivity index (χ3n) is 3.40. The van der Waals surface area contributed by atoms with Crippen LogP contribution in [0.3, 0.4) is 0 Å². The molecule has 7 nitrogen and oxygen atoms in total. The van der Waals surface area contributed by atoms with Gasteiger partial charge in [0.15, 0.2) is 0 Å². The second-order valence-electron chi connectivity index (χ2n) is 4.90. The van der Waals surface area contributed by atoms with Crippen LogP contribution in [0.25, 0.3) is 0 Å². The van der Waals surface area contributed by atoms with Crippen LogP contribution in [0, 0.1) is 0 Å². The van der Waals surface area contributed by atoms with E-state index in [-0.39, 0.29) is 11.1 Å². The van der Waals surface area contributed by atoms with Gasteiger partial charge in [-0.05, 0) is 12.8 Å². The summed E-state index contributed by atoms with van der Waals surface area (Å²) in [4.78, 5) is 24.7. The molecule has 8 heteroatoms. The molecule has 0 aromatic carbocycles. The number of halogens is 1. The van der Waals surface area contributed by atoms with E-state index in [0.717, 1.165) is 24.1 Å². The van der Waals surface area contributed by atoms with E-state index in [0.29, 0.717) is 18.8 Å². The second-order valence-corrected chi connectivity index (χ2v) is 5.28. The van der Waals surface area contributed by atoms with Crippen LogP contribution in [0.5, 0.6) is 0 Å². The van der Waals surface area contributed by atoms with Gasteiger partial charge >= 0.3 is 5.97 Å². The Morgan fingerprint density at radius 1 is 1.62 bits per heavy atom. The lowest BCUT2D eigenvalue weighted by atomic mass is 10.2. The second kappa shape index (κ2) is 6.91. The Hall–Kier alpha value is -1.60. The summed E-state index contributed by atoms with van der Waals surface area (Å²) in [6.07, 6.45) is 3.25.